The molecule has 1 N–H and O–H groups in total. The number of carbonyl (C=O) groups excluding carboxylic acids is 1. The van der Waals surface area contributed by atoms with Gasteiger partial charge in [-0.1, -0.05) is 41.4 Å². The van der Waals surface area contributed by atoms with Gasteiger partial charge in [-0.3, -0.25) is 18.5 Å². The molecule has 0 aliphatic carbocycles. The highest BCUT2D eigenvalue weighted by Gasteiger charge is 2.27. The third kappa shape index (κ3) is 4.70. The number of carbonyl (C=O) groups is 1. The molecule has 1 saturated heterocycles. The first kappa shape index (κ1) is 24.9. The molecule has 12 heteroatoms. The summed E-state index contributed by atoms with van der Waals surface area (Å²) < 4.78 is 4.26. The van der Waals surface area contributed by atoms with Gasteiger partial charge in [0.1, 0.15) is 0 Å². The van der Waals surface area contributed by atoms with Gasteiger partial charge in [0.15, 0.2) is 11.2 Å². The summed E-state index contributed by atoms with van der Waals surface area (Å²) in [6.07, 6.45) is 0. The molecular weight excluding hydrogens is 517 g/mol. The molecular formula is C25H25Cl2N7O3. The minimum Gasteiger partial charge on any atom is -0.339 e. The van der Waals surface area contributed by atoms with Crippen LogP contribution in [0.1, 0.15) is 5.56 Å². The molecule has 1 aliphatic heterocycles. The summed E-state index contributed by atoms with van der Waals surface area (Å²) in [6.45, 7) is 2.19. The molecule has 37 heavy (non-hydrogen) atoms. The lowest BCUT2D eigenvalue weighted by Crippen LogP contribution is -2.50. The monoisotopic (exact) mass is 541 g/mol. The summed E-state index contributed by atoms with van der Waals surface area (Å²) in [5.41, 5.74) is 1.23. The van der Waals surface area contributed by atoms with Crippen molar-refractivity contribution in [3.05, 3.63) is 85.0 Å². The lowest BCUT2D eigenvalue weighted by Gasteiger charge is -2.35. The smallest absolute Gasteiger partial charge is 0.332 e. The van der Waals surface area contributed by atoms with E-state index in [-0.39, 0.29) is 6.03 Å². The SMILES string of the molecule is Cn1c(=O)c2c(nc(N3CCN(C(=O)Nc4ccc(Cl)cc4)CC3)n2Cc2ccccc2Cl)n(C)c1=O. The first-order valence-corrected chi connectivity index (χ1v) is 12.5. The standard InChI is InChI=1S/C25H25Cl2N7O3/c1-30-21-20(22(35)31(2)25(30)37)34(15-16-5-3-4-6-19(16)27)23(29-21)32-11-13-33(14-12-32)24(36)28-18-9-7-17(26)8-10-18/h3-10H,11-15H2,1-2H3,(H,28,36). The summed E-state index contributed by atoms with van der Waals surface area (Å²) >= 11 is 12.4. The summed E-state index contributed by atoms with van der Waals surface area (Å²) in [7, 11) is 3.05. The predicted molar refractivity (Wildman–Crippen MR) is 145 cm³/mol. The molecule has 0 atom stereocenters. The molecule has 0 bridgehead atoms. The van der Waals surface area contributed by atoms with E-state index in [1.807, 2.05) is 27.7 Å². The minimum absolute atomic E-state index is 0.206. The number of benzene rings is 2. The van der Waals surface area contributed by atoms with Gasteiger partial charge in [-0.2, -0.15) is 4.98 Å². The average Bonchev–Trinajstić information content (AvgIpc) is 3.28. The lowest BCUT2D eigenvalue weighted by atomic mass is 10.2. The van der Waals surface area contributed by atoms with Crippen molar-refractivity contribution >= 4 is 52.0 Å². The molecule has 4 aromatic rings. The van der Waals surface area contributed by atoms with Crippen LogP contribution >= 0.6 is 23.2 Å². The van der Waals surface area contributed by atoms with Crippen LogP contribution in [0.4, 0.5) is 16.4 Å². The van der Waals surface area contributed by atoms with Gasteiger partial charge in [-0.15, -0.1) is 0 Å². The molecule has 2 aromatic heterocycles. The van der Waals surface area contributed by atoms with Crippen LogP contribution in [-0.2, 0) is 20.6 Å². The van der Waals surface area contributed by atoms with E-state index in [0.717, 1.165) is 10.1 Å². The average molecular weight is 542 g/mol. The number of aromatic nitrogens is 4. The molecule has 192 valence electrons. The molecule has 0 radical (unpaired) electrons. The Kier molecular flexibility index (Phi) is 6.70. The van der Waals surface area contributed by atoms with Crippen LogP contribution in [0.15, 0.2) is 58.1 Å². The fourth-order valence-corrected chi connectivity index (χ4v) is 4.79. The van der Waals surface area contributed by atoms with Crippen molar-refractivity contribution < 1.29 is 4.79 Å². The molecule has 0 unspecified atom stereocenters. The zero-order chi connectivity index (χ0) is 26.3. The van der Waals surface area contributed by atoms with E-state index < -0.39 is 11.2 Å². The second-order valence-corrected chi connectivity index (χ2v) is 9.72. The topological polar surface area (TPSA) is 97.4 Å². The summed E-state index contributed by atoms with van der Waals surface area (Å²) in [5, 5.41) is 4.05. The third-order valence-electron chi connectivity index (χ3n) is 6.56. The van der Waals surface area contributed by atoms with Crippen molar-refractivity contribution in [1.29, 1.82) is 0 Å². The number of fused-ring (bicyclic) bond motifs is 1. The fraction of sp³-hybridized carbons (Fsp3) is 0.280. The van der Waals surface area contributed by atoms with Crippen LogP contribution in [-0.4, -0.2) is 55.8 Å². The number of amides is 2. The van der Waals surface area contributed by atoms with Crippen molar-refractivity contribution in [2.45, 2.75) is 6.54 Å². The maximum atomic E-state index is 13.2. The molecule has 1 aliphatic rings. The van der Waals surface area contributed by atoms with Crippen molar-refractivity contribution in [3.8, 4) is 0 Å². The van der Waals surface area contributed by atoms with Crippen LogP contribution < -0.4 is 21.5 Å². The van der Waals surface area contributed by atoms with Gasteiger partial charge in [0.05, 0.1) is 6.54 Å². The van der Waals surface area contributed by atoms with Crippen LogP contribution in [0.2, 0.25) is 10.0 Å². The summed E-state index contributed by atoms with van der Waals surface area (Å²) in [6, 6.07) is 14.1. The number of nitrogens with one attached hydrogen (secondary N) is 1. The van der Waals surface area contributed by atoms with Crippen LogP contribution in [0.5, 0.6) is 0 Å². The van der Waals surface area contributed by atoms with Crippen molar-refractivity contribution in [1.82, 2.24) is 23.6 Å². The van der Waals surface area contributed by atoms with E-state index in [2.05, 4.69) is 5.32 Å². The van der Waals surface area contributed by atoms with Crippen LogP contribution in [0, 0.1) is 0 Å². The fourth-order valence-electron chi connectivity index (χ4n) is 4.47. The Morgan fingerprint density at radius 3 is 2.30 bits per heavy atom. The zero-order valence-electron chi connectivity index (χ0n) is 20.3. The van der Waals surface area contributed by atoms with E-state index in [0.29, 0.717) is 65.6 Å². The first-order chi connectivity index (χ1) is 17.7. The molecule has 0 saturated carbocycles. The van der Waals surface area contributed by atoms with Gasteiger partial charge >= 0.3 is 11.7 Å². The van der Waals surface area contributed by atoms with Gasteiger partial charge in [-0.05, 0) is 35.9 Å². The van der Waals surface area contributed by atoms with E-state index in [9.17, 15) is 14.4 Å². The second kappa shape index (κ2) is 9.95. The minimum atomic E-state index is -0.449. The van der Waals surface area contributed by atoms with Crippen molar-refractivity contribution in [2.24, 2.45) is 14.1 Å². The Hall–Kier alpha value is -3.76. The van der Waals surface area contributed by atoms with Gasteiger partial charge in [0.2, 0.25) is 5.95 Å². The number of hydrogen-bond donors (Lipinski definition) is 1. The molecule has 2 aromatic carbocycles. The third-order valence-corrected chi connectivity index (χ3v) is 7.18. The van der Waals surface area contributed by atoms with Gasteiger partial charge in [0, 0.05) is 56.0 Å². The van der Waals surface area contributed by atoms with Gasteiger partial charge in [0.25, 0.3) is 5.56 Å². The highest BCUT2D eigenvalue weighted by atomic mass is 35.5. The van der Waals surface area contributed by atoms with E-state index >= 15 is 0 Å². The molecule has 10 nitrogen and oxygen atoms in total. The number of aryl methyl sites for hydroxylation is 1. The van der Waals surface area contributed by atoms with Gasteiger partial charge in [-0.25, -0.2) is 9.59 Å². The Bertz CT molecular complexity index is 1600. The van der Waals surface area contributed by atoms with E-state index in [1.54, 1.807) is 42.3 Å². The van der Waals surface area contributed by atoms with Gasteiger partial charge < -0.3 is 15.1 Å². The molecule has 2 amide bonds. The normalized spacial score (nSPS) is 13.8. The maximum Gasteiger partial charge on any atom is 0.332 e. The lowest BCUT2D eigenvalue weighted by molar-refractivity contribution is 0.208. The molecule has 5 rings (SSSR count). The number of imidazole rings is 1. The number of piperazine rings is 1. The van der Waals surface area contributed by atoms with Crippen LogP contribution in [0.3, 0.4) is 0 Å². The predicted octanol–water partition coefficient (Wildman–Crippen LogP) is 3.14. The number of rotatable bonds is 4. The molecule has 1 fully saturated rings. The number of urea groups is 1. The Morgan fingerprint density at radius 1 is 0.946 bits per heavy atom. The molecule has 0 spiro atoms. The Balaban J connectivity index is 1.46. The highest BCUT2D eigenvalue weighted by molar-refractivity contribution is 6.31. The summed E-state index contributed by atoms with van der Waals surface area (Å²) in [5.74, 6) is 0.547. The number of anilines is 2. The van der Waals surface area contributed by atoms with Crippen LogP contribution in [0.25, 0.3) is 11.2 Å². The second-order valence-electron chi connectivity index (χ2n) is 8.88. The number of halogens is 2. The Morgan fingerprint density at radius 2 is 1.62 bits per heavy atom. The number of hydrogen-bond acceptors (Lipinski definition) is 5. The first-order valence-electron chi connectivity index (χ1n) is 11.7. The summed E-state index contributed by atoms with van der Waals surface area (Å²) in [4.78, 5) is 47.1. The maximum absolute atomic E-state index is 13.2. The highest BCUT2D eigenvalue weighted by Crippen LogP contribution is 2.25. The van der Waals surface area contributed by atoms with E-state index in [4.69, 9.17) is 28.2 Å². The van der Waals surface area contributed by atoms with E-state index in [1.165, 1.54) is 11.6 Å². The quantitative estimate of drug-likeness (QED) is 0.428. The number of nitrogens with zero attached hydrogens (tertiary/aromatic N) is 6. The zero-order valence-corrected chi connectivity index (χ0v) is 21.8. The van der Waals surface area contributed by atoms with Crippen molar-refractivity contribution in [2.75, 3.05) is 36.4 Å². The molecule has 3 heterocycles. The van der Waals surface area contributed by atoms with Crippen molar-refractivity contribution in [3.63, 3.8) is 0 Å². The Labute approximate surface area is 222 Å². The largest absolute Gasteiger partial charge is 0.339 e.